The number of para-hydroxylation sites is 5. The fraction of sp³-hybridized carbons (Fsp3) is 0. The van der Waals surface area contributed by atoms with Gasteiger partial charge in [-0.15, -0.1) is 0 Å². The molecule has 0 fully saturated rings. The molecule has 0 aliphatic carbocycles. The van der Waals surface area contributed by atoms with Gasteiger partial charge in [-0.25, -0.2) is 4.98 Å². The molecular weight excluding hydrogens is 558 g/mol. The summed E-state index contributed by atoms with van der Waals surface area (Å²) in [5.74, 6) is 0.941. The van der Waals surface area contributed by atoms with Gasteiger partial charge in [0.1, 0.15) is 5.82 Å². The van der Waals surface area contributed by atoms with Gasteiger partial charge in [0.25, 0.3) is 0 Å². The highest BCUT2D eigenvalue weighted by Crippen LogP contribution is 2.41. The van der Waals surface area contributed by atoms with Gasteiger partial charge in [-0.2, -0.15) is 0 Å². The molecule has 3 aromatic heterocycles. The van der Waals surface area contributed by atoms with E-state index in [0.29, 0.717) is 0 Å². The fourth-order valence-corrected chi connectivity index (χ4v) is 7.44. The summed E-state index contributed by atoms with van der Waals surface area (Å²) in [6.45, 7) is 0. The molecule has 46 heavy (non-hydrogen) atoms. The predicted octanol–water partition coefficient (Wildman–Crippen LogP) is 11.2. The summed E-state index contributed by atoms with van der Waals surface area (Å²) in [4.78, 5) is 5.07. The number of hydrogen-bond acceptors (Lipinski definition) is 1. The normalized spacial score (nSPS) is 11.9. The minimum atomic E-state index is 0.941. The van der Waals surface area contributed by atoms with Crippen molar-refractivity contribution in [3.8, 4) is 39.3 Å². The zero-order chi connectivity index (χ0) is 30.2. The van der Waals surface area contributed by atoms with Gasteiger partial charge < -0.3 is 4.40 Å². The van der Waals surface area contributed by atoms with Crippen LogP contribution in [0, 0.1) is 0 Å². The summed E-state index contributed by atoms with van der Waals surface area (Å²) in [7, 11) is 0. The van der Waals surface area contributed by atoms with Crippen molar-refractivity contribution < 1.29 is 0 Å². The van der Waals surface area contributed by atoms with Crippen molar-refractivity contribution in [3.63, 3.8) is 0 Å². The molecule has 0 saturated carbocycles. The van der Waals surface area contributed by atoms with Crippen LogP contribution in [0.15, 0.2) is 164 Å². The molecule has 0 spiro atoms. The zero-order valence-corrected chi connectivity index (χ0v) is 24.9. The van der Waals surface area contributed by atoms with Crippen LogP contribution >= 0.6 is 0 Å². The minimum Gasteiger partial charge on any atom is -0.308 e. The summed E-state index contributed by atoms with van der Waals surface area (Å²) >= 11 is 0. The van der Waals surface area contributed by atoms with E-state index >= 15 is 0 Å². The van der Waals surface area contributed by atoms with Crippen LogP contribution in [0.25, 0.3) is 88.5 Å². The molecule has 3 heterocycles. The maximum Gasteiger partial charge on any atom is 0.145 e. The van der Waals surface area contributed by atoms with Gasteiger partial charge in [0.15, 0.2) is 0 Å². The van der Waals surface area contributed by atoms with Gasteiger partial charge >= 0.3 is 0 Å². The van der Waals surface area contributed by atoms with Crippen molar-refractivity contribution in [2.45, 2.75) is 0 Å². The Balaban J connectivity index is 1.10. The minimum absolute atomic E-state index is 0.941. The van der Waals surface area contributed by atoms with Crippen LogP contribution in [-0.2, 0) is 0 Å². The zero-order valence-electron chi connectivity index (χ0n) is 24.9. The molecule has 10 rings (SSSR count). The lowest BCUT2D eigenvalue weighted by atomic mass is 9.93. The van der Waals surface area contributed by atoms with Crippen LogP contribution in [0.4, 0.5) is 0 Å². The molecule has 0 unspecified atom stereocenters. The molecule has 0 N–H and O–H groups in total. The number of fused-ring (bicyclic) bond motifs is 7. The van der Waals surface area contributed by atoms with Crippen molar-refractivity contribution in [1.82, 2.24) is 14.0 Å². The van der Waals surface area contributed by atoms with Crippen molar-refractivity contribution in [3.05, 3.63) is 164 Å². The molecule has 0 bridgehead atoms. The monoisotopic (exact) mass is 585 g/mol. The van der Waals surface area contributed by atoms with Gasteiger partial charge in [0.2, 0.25) is 0 Å². The molecule has 3 nitrogen and oxygen atoms in total. The van der Waals surface area contributed by atoms with E-state index in [9.17, 15) is 0 Å². The number of aromatic nitrogens is 3. The Labute approximate surface area is 265 Å². The van der Waals surface area contributed by atoms with Gasteiger partial charge in [0.05, 0.1) is 27.6 Å². The second-order valence-electron chi connectivity index (χ2n) is 12.0. The summed E-state index contributed by atoms with van der Waals surface area (Å²) in [5, 5.41) is 5.21. The third-order valence-electron chi connectivity index (χ3n) is 9.49. The molecule has 7 aromatic carbocycles. The molecule has 0 amide bonds. The Hall–Kier alpha value is -6.19. The maximum atomic E-state index is 5.07. The summed E-state index contributed by atoms with van der Waals surface area (Å²) in [6.07, 6.45) is 0. The number of hydrogen-bond donors (Lipinski definition) is 0. The van der Waals surface area contributed by atoms with E-state index in [-0.39, 0.29) is 0 Å². The fourth-order valence-electron chi connectivity index (χ4n) is 7.44. The van der Waals surface area contributed by atoms with Crippen molar-refractivity contribution in [1.29, 1.82) is 0 Å². The van der Waals surface area contributed by atoms with E-state index < -0.39 is 0 Å². The molecule has 0 atom stereocenters. The van der Waals surface area contributed by atoms with Crippen LogP contribution < -0.4 is 0 Å². The Morgan fingerprint density at radius 3 is 1.80 bits per heavy atom. The summed E-state index contributed by atoms with van der Waals surface area (Å²) in [5.41, 5.74) is 12.9. The Bertz CT molecular complexity index is 2730. The van der Waals surface area contributed by atoms with Crippen molar-refractivity contribution in [2.24, 2.45) is 0 Å². The first kappa shape index (κ1) is 25.2. The first-order chi connectivity index (χ1) is 22.8. The van der Waals surface area contributed by atoms with Gasteiger partial charge in [-0.05, 0) is 64.7 Å². The van der Waals surface area contributed by atoms with Gasteiger partial charge in [-0.3, -0.25) is 4.57 Å². The van der Waals surface area contributed by atoms with Crippen LogP contribution in [0.3, 0.4) is 0 Å². The predicted molar refractivity (Wildman–Crippen MR) is 192 cm³/mol. The van der Waals surface area contributed by atoms with E-state index in [4.69, 9.17) is 4.98 Å². The lowest BCUT2D eigenvalue weighted by Crippen LogP contribution is -1.97. The average molecular weight is 586 g/mol. The molecule has 10 aromatic rings. The number of nitrogens with zero attached hydrogens (tertiary/aromatic N) is 3. The van der Waals surface area contributed by atoms with E-state index in [2.05, 4.69) is 167 Å². The van der Waals surface area contributed by atoms with Crippen LogP contribution in [0.5, 0.6) is 0 Å². The molecule has 3 heteroatoms. The maximum absolute atomic E-state index is 5.07. The first-order valence-corrected chi connectivity index (χ1v) is 15.7. The average Bonchev–Trinajstić information content (AvgIpc) is 3.79. The van der Waals surface area contributed by atoms with Crippen LogP contribution in [-0.4, -0.2) is 14.0 Å². The molecule has 0 saturated heterocycles. The third kappa shape index (κ3) is 3.57. The SMILES string of the molecule is c1ccc(-n2c(-c3ccc(-c4ccccc4-c4ccc5c(c4)c4cccc6c7ccccc7n5c64)cc3)nc3ccccc32)cc1. The van der Waals surface area contributed by atoms with E-state index in [1.807, 2.05) is 6.07 Å². The van der Waals surface area contributed by atoms with Gasteiger partial charge in [0, 0.05) is 32.8 Å². The Kier molecular flexibility index (Phi) is 5.28. The van der Waals surface area contributed by atoms with E-state index in [1.165, 1.54) is 60.3 Å². The smallest absolute Gasteiger partial charge is 0.145 e. The van der Waals surface area contributed by atoms with Crippen LogP contribution in [0.1, 0.15) is 0 Å². The molecule has 214 valence electrons. The van der Waals surface area contributed by atoms with E-state index in [1.54, 1.807) is 0 Å². The number of benzene rings is 7. The topological polar surface area (TPSA) is 22.2 Å². The summed E-state index contributed by atoms with van der Waals surface area (Å²) < 4.78 is 4.69. The highest BCUT2D eigenvalue weighted by atomic mass is 15.1. The highest BCUT2D eigenvalue weighted by Gasteiger charge is 2.18. The standard InChI is InChI=1S/C43H27N3/c1-2-11-31(12-3-1)45-41-20-9-7-18-38(41)44-43(45)29-23-21-28(22-24-29)32-13-4-5-14-33(32)30-25-26-40-37(27-30)36-17-10-16-35-34-15-6-8-19-39(34)46(40)42(35)36/h1-27H. The Morgan fingerprint density at radius 1 is 0.391 bits per heavy atom. The van der Waals surface area contributed by atoms with Gasteiger partial charge in [-0.1, -0.05) is 121 Å². The number of imidazole rings is 1. The lowest BCUT2D eigenvalue weighted by Gasteiger charge is -2.13. The quantitative estimate of drug-likeness (QED) is 0.201. The third-order valence-corrected chi connectivity index (χ3v) is 9.49. The Morgan fingerprint density at radius 2 is 0.978 bits per heavy atom. The number of rotatable bonds is 4. The van der Waals surface area contributed by atoms with Crippen molar-refractivity contribution >= 4 is 49.1 Å². The second-order valence-corrected chi connectivity index (χ2v) is 12.0. The first-order valence-electron chi connectivity index (χ1n) is 15.7. The molecule has 0 aliphatic rings. The molecular formula is C43H27N3. The molecule has 0 aliphatic heterocycles. The highest BCUT2D eigenvalue weighted by molar-refractivity contribution is 6.23. The second kappa shape index (κ2) is 9.65. The van der Waals surface area contributed by atoms with Crippen molar-refractivity contribution in [2.75, 3.05) is 0 Å². The molecule has 0 radical (unpaired) electrons. The lowest BCUT2D eigenvalue weighted by molar-refractivity contribution is 1.10. The van der Waals surface area contributed by atoms with E-state index in [0.717, 1.165) is 28.1 Å². The summed E-state index contributed by atoms with van der Waals surface area (Å²) in [6, 6.07) is 58.8. The largest absolute Gasteiger partial charge is 0.308 e. The van der Waals surface area contributed by atoms with Crippen LogP contribution in [0.2, 0.25) is 0 Å².